The predicted molar refractivity (Wildman–Crippen MR) is 82.2 cm³/mol. The summed E-state index contributed by atoms with van der Waals surface area (Å²) in [5.41, 5.74) is 3.28. The normalized spacial score (nSPS) is 12.5. The third-order valence-corrected chi connectivity index (χ3v) is 3.55. The Morgan fingerprint density at radius 2 is 1.90 bits per heavy atom. The highest BCUT2D eigenvalue weighted by Crippen LogP contribution is 2.23. The molecule has 3 rings (SSSR count). The molecule has 0 aliphatic heterocycles. The summed E-state index contributed by atoms with van der Waals surface area (Å²) in [5, 5.41) is 10.4. The highest BCUT2D eigenvalue weighted by atomic mass is 16.3. The molecule has 2 aromatic carbocycles. The molecule has 0 radical (unpaired) electrons. The van der Waals surface area contributed by atoms with E-state index in [-0.39, 0.29) is 5.56 Å². The first-order valence-electron chi connectivity index (χ1n) is 6.95. The monoisotopic (exact) mass is 280 g/mol. The van der Waals surface area contributed by atoms with Crippen LogP contribution in [0.1, 0.15) is 29.8 Å². The Morgan fingerprint density at radius 1 is 1.14 bits per heavy atom. The van der Waals surface area contributed by atoms with Crippen molar-refractivity contribution in [3.8, 4) is 0 Å². The van der Waals surface area contributed by atoms with Gasteiger partial charge in [0.2, 0.25) is 0 Å². The quantitative estimate of drug-likeness (QED) is 0.775. The van der Waals surface area contributed by atoms with Crippen molar-refractivity contribution in [1.82, 2.24) is 9.97 Å². The average molecular weight is 280 g/mol. The van der Waals surface area contributed by atoms with Crippen LogP contribution >= 0.6 is 0 Å². The molecule has 4 heteroatoms. The summed E-state index contributed by atoms with van der Waals surface area (Å²) in [7, 11) is 0. The number of hydrogen-bond donors (Lipinski definition) is 2. The van der Waals surface area contributed by atoms with Crippen LogP contribution in [0.2, 0.25) is 0 Å². The molecule has 0 aliphatic rings. The van der Waals surface area contributed by atoms with Gasteiger partial charge in [-0.15, -0.1) is 0 Å². The molecule has 3 aromatic rings. The fourth-order valence-corrected chi connectivity index (χ4v) is 2.38. The third-order valence-electron chi connectivity index (χ3n) is 3.55. The molecule has 0 saturated heterocycles. The SMILES string of the molecule is CCc1nc2ccc(C(O)c3ccccc3)cc2[nH]c1=O. The van der Waals surface area contributed by atoms with Crippen LogP contribution in [0.15, 0.2) is 53.3 Å². The molecule has 0 fully saturated rings. The Balaban J connectivity index is 2.07. The summed E-state index contributed by atoms with van der Waals surface area (Å²) in [4.78, 5) is 19.0. The lowest BCUT2D eigenvalue weighted by molar-refractivity contribution is 0.220. The maximum absolute atomic E-state index is 11.8. The molecule has 0 amide bonds. The lowest BCUT2D eigenvalue weighted by Gasteiger charge is -2.12. The Hall–Kier alpha value is -2.46. The van der Waals surface area contributed by atoms with Crippen LogP contribution in [0.4, 0.5) is 0 Å². The highest BCUT2D eigenvalue weighted by molar-refractivity contribution is 5.75. The van der Waals surface area contributed by atoms with Gasteiger partial charge in [-0.05, 0) is 29.7 Å². The van der Waals surface area contributed by atoms with Gasteiger partial charge in [-0.3, -0.25) is 4.79 Å². The van der Waals surface area contributed by atoms with Gasteiger partial charge in [-0.2, -0.15) is 0 Å². The topological polar surface area (TPSA) is 66.0 Å². The van der Waals surface area contributed by atoms with Crippen molar-refractivity contribution in [3.05, 3.63) is 75.7 Å². The molecule has 1 atom stereocenters. The van der Waals surface area contributed by atoms with E-state index in [0.717, 1.165) is 16.6 Å². The molecule has 1 aromatic heterocycles. The van der Waals surface area contributed by atoms with E-state index >= 15 is 0 Å². The van der Waals surface area contributed by atoms with Crippen molar-refractivity contribution in [2.75, 3.05) is 0 Å². The van der Waals surface area contributed by atoms with Gasteiger partial charge in [-0.25, -0.2) is 4.98 Å². The summed E-state index contributed by atoms with van der Waals surface area (Å²) in [6.45, 7) is 1.90. The first-order valence-corrected chi connectivity index (χ1v) is 6.95. The Kier molecular flexibility index (Phi) is 3.54. The third kappa shape index (κ3) is 2.58. The maximum Gasteiger partial charge on any atom is 0.270 e. The zero-order valence-corrected chi connectivity index (χ0v) is 11.7. The van der Waals surface area contributed by atoms with Crippen molar-refractivity contribution < 1.29 is 5.11 Å². The molecule has 1 unspecified atom stereocenters. The van der Waals surface area contributed by atoms with Crippen LogP contribution in [0.3, 0.4) is 0 Å². The minimum absolute atomic E-state index is 0.170. The highest BCUT2D eigenvalue weighted by Gasteiger charge is 2.11. The summed E-state index contributed by atoms with van der Waals surface area (Å²) >= 11 is 0. The lowest BCUT2D eigenvalue weighted by Crippen LogP contribution is -2.14. The average Bonchev–Trinajstić information content (AvgIpc) is 2.53. The molecule has 0 spiro atoms. The van der Waals surface area contributed by atoms with Crippen molar-refractivity contribution in [2.24, 2.45) is 0 Å². The molecule has 0 bridgehead atoms. The zero-order valence-electron chi connectivity index (χ0n) is 11.7. The zero-order chi connectivity index (χ0) is 14.8. The number of aryl methyl sites for hydroxylation is 1. The molecule has 0 aliphatic carbocycles. The molecule has 2 N–H and O–H groups in total. The molecule has 1 heterocycles. The smallest absolute Gasteiger partial charge is 0.270 e. The van der Waals surface area contributed by atoms with E-state index in [2.05, 4.69) is 9.97 Å². The van der Waals surface area contributed by atoms with Crippen LogP contribution in [0, 0.1) is 0 Å². The number of nitrogens with zero attached hydrogens (tertiary/aromatic N) is 1. The fraction of sp³-hybridized carbons (Fsp3) is 0.176. The summed E-state index contributed by atoms with van der Waals surface area (Å²) in [5.74, 6) is 0. The number of aliphatic hydroxyl groups is 1. The number of hydrogen-bond acceptors (Lipinski definition) is 3. The second kappa shape index (κ2) is 5.50. The van der Waals surface area contributed by atoms with Gasteiger partial charge in [-0.1, -0.05) is 43.3 Å². The minimum Gasteiger partial charge on any atom is -0.384 e. The Labute approximate surface area is 122 Å². The summed E-state index contributed by atoms with van der Waals surface area (Å²) in [6, 6.07) is 14.9. The van der Waals surface area contributed by atoms with Gasteiger partial charge in [0.15, 0.2) is 0 Å². The van der Waals surface area contributed by atoms with E-state index in [1.54, 1.807) is 6.07 Å². The van der Waals surface area contributed by atoms with Crippen molar-refractivity contribution in [3.63, 3.8) is 0 Å². The van der Waals surface area contributed by atoms with Crippen LogP contribution in [-0.2, 0) is 6.42 Å². The number of nitrogens with one attached hydrogen (secondary N) is 1. The van der Waals surface area contributed by atoms with E-state index in [9.17, 15) is 9.90 Å². The molecule has 21 heavy (non-hydrogen) atoms. The standard InChI is InChI=1S/C17H16N2O2/c1-2-13-17(21)19-15-10-12(8-9-14(15)18-13)16(20)11-6-4-3-5-7-11/h3-10,16,20H,2H2,1H3,(H,19,21). The van der Waals surface area contributed by atoms with Crippen molar-refractivity contribution in [1.29, 1.82) is 0 Å². The molecule has 0 saturated carbocycles. The minimum atomic E-state index is -0.718. The molecular formula is C17H16N2O2. The predicted octanol–water partition coefficient (Wildman–Crippen LogP) is 2.57. The number of aromatic nitrogens is 2. The van der Waals surface area contributed by atoms with Gasteiger partial charge in [0.1, 0.15) is 11.8 Å². The van der Waals surface area contributed by atoms with Gasteiger partial charge in [0.25, 0.3) is 5.56 Å². The van der Waals surface area contributed by atoms with Crippen LogP contribution in [0.5, 0.6) is 0 Å². The molecule has 106 valence electrons. The van der Waals surface area contributed by atoms with Gasteiger partial charge in [0.05, 0.1) is 11.0 Å². The molecule has 4 nitrogen and oxygen atoms in total. The van der Waals surface area contributed by atoms with Gasteiger partial charge >= 0.3 is 0 Å². The number of H-pyrrole nitrogens is 1. The van der Waals surface area contributed by atoms with E-state index in [0.29, 0.717) is 17.6 Å². The first kappa shape index (κ1) is 13.5. The fourth-order valence-electron chi connectivity index (χ4n) is 2.38. The number of aromatic amines is 1. The van der Waals surface area contributed by atoms with Gasteiger partial charge in [0, 0.05) is 0 Å². The van der Waals surface area contributed by atoms with E-state index in [1.165, 1.54) is 0 Å². The van der Waals surface area contributed by atoms with Crippen LogP contribution in [-0.4, -0.2) is 15.1 Å². The van der Waals surface area contributed by atoms with Crippen LogP contribution < -0.4 is 5.56 Å². The number of rotatable bonds is 3. The first-order chi connectivity index (χ1) is 10.2. The Bertz CT molecular complexity index is 825. The Morgan fingerprint density at radius 3 is 2.62 bits per heavy atom. The second-order valence-corrected chi connectivity index (χ2v) is 4.96. The van der Waals surface area contributed by atoms with E-state index < -0.39 is 6.10 Å². The summed E-state index contributed by atoms with van der Waals surface area (Å²) in [6.07, 6.45) is -0.121. The van der Waals surface area contributed by atoms with E-state index in [4.69, 9.17) is 0 Å². The van der Waals surface area contributed by atoms with Crippen LogP contribution in [0.25, 0.3) is 11.0 Å². The summed E-state index contributed by atoms with van der Waals surface area (Å²) < 4.78 is 0. The lowest BCUT2D eigenvalue weighted by atomic mass is 10.0. The second-order valence-electron chi connectivity index (χ2n) is 4.96. The number of fused-ring (bicyclic) bond motifs is 1. The number of benzene rings is 2. The van der Waals surface area contributed by atoms with Crippen molar-refractivity contribution in [2.45, 2.75) is 19.4 Å². The number of aliphatic hydroxyl groups excluding tert-OH is 1. The van der Waals surface area contributed by atoms with Crippen molar-refractivity contribution >= 4 is 11.0 Å². The van der Waals surface area contributed by atoms with E-state index in [1.807, 2.05) is 49.4 Å². The maximum atomic E-state index is 11.8. The largest absolute Gasteiger partial charge is 0.384 e. The van der Waals surface area contributed by atoms with Gasteiger partial charge < -0.3 is 10.1 Å². The molecular weight excluding hydrogens is 264 g/mol.